The van der Waals surface area contributed by atoms with Crippen LogP contribution in [0.1, 0.15) is 43.4 Å². The van der Waals surface area contributed by atoms with Crippen LogP contribution in [0.5, 0.6) is 0 Å². The van der Waals surface area contributed by atoms with E-state index >= 15 is 0 Å². The molecule has 8 heteroatoms. The van der Waals surface area contributed by atoms with Crippen LogP contribution in [0.4, 0.5) is 0 Å². The van der Waals surface area contributed by atoms with E-state index in [2.05, 4.69) is 15.4 Å². The average molecular weight is 332 g/mol. The van der Waals surface area contributed by atoms with Crippen LogP contribution in [0.25, 0.3) is 5.65 Å². The lowest BCUT2D eigenvalue weighted by Gasteiger charge is -2.34. The van der Waals surface area contributed by atoms with Gasteiger partial charge in [-0.15, -0.1) is 0 Å². The van der Waals surface area contributed by atoms with Crippen molar-refractivity contribution in [2.75, 3.05) is 0 Å². The van der Waals surface area contributed by atoms with Gasteiger partial charge in [-0.2, -0.15) is 0 Å². The minimum absolute atomic E-state index is 0.186. The van der Waals surface area contributed by atoms with Crippen molar-refractivity contribution in [3.63, 3.8) is 0 Å². The number of carbonyl (C=O) groups is 2. The summed E-state index contributed by atoms with van der Waals surface area (Å²) in [4.78, 5) is 40.8. The van der Waals surface area contributed by atoms with E-state index in [4.69, 9.17) is 0 Å². The predicted octanol–water partition coefficient (Wildman–Crippen LogP) is 0.777. The first-order chi connectivity index (χ1) is 11.4. The number of aromatic nitrogens is 3. The average Bonchev–Trinajstić information content (AvgIpc) is 3.00. The second-order valence-electron chi connectivity index (χ2n) is 6.31. The number of amides is 1. The number of hydrogen-bond acceptors (Lipinski definition) is 4. The summed E-state index contributed by atoms with van der Waals surface area (Å²) in [5.74, 6) is -1.48. The molecule has 0 aliphatic heterocycles. The maximum absolute atomic E-state index is 12.4. The van der Waals surface area contributed by atoms with E-state index in [1.54, 1.807) is 19.2 Å². The number of hydrogen-bond donors (Lipinski definition) is 3. The molecule has 2 heterocycles. The van der Waals surface area contributed by atoms with Gasteiger partial charge in [-0.3, -0.25) is 14.7 Å². The number of fused-ring (bicyclic) bond motifs is 1. The van der Waals surface area contributed by atoms with Gasteiger partial charge in [0.15, 0.2) is 5.65 Å². The van der Waals surface area contributed by atoms with Gasteiger partial charge >= 0.3 is 5.97 Å². The first kappa shape index (κ1) is 16.2. The summed E-state index contributed by atoms with van der Waals surface area (Å²) in [7, 11) is 0. The van der Waals surface area contributed by atoms with Gasteiger partial charge in [0.25, 0.3) is 5.56 Å². The third kappa shape index (κ3) is 2.79. The molecule has 8 nitrogen and oxygen atoms in total. The van der Waals surface area contributed by atoms with Crippen LogP contribution in [0, 0.1) is 6.92 Å². The summed E-state index contributed by atoms with van der Waals surface area (Å²) in [6.07, 6.45) is 4.75. The number of rotatable bonds is 4. The van der Waals surface area contributed by atoms with E-state index in [9.17, 15) is 19.5 Å². The number of carboxylic acids is 1. The van der Waals surface area contributed by atoms with Crippen LogP contribution >= 0.6 is 0 Å². The Morgan fingerprint density at radius 3 is 2.75 bits per heavy atom. The van der Waals surface area contributed by atoms with E-state index in [1.165, 1.54) is 4.52 Å². The van der Waals surface area contributed by atoms with Crippen LogP contribution < -0.4 is 10.9 Å². The zero-order valence-electron chi connectivity index (χ0n) is 13.5. The number of carboxylic acid groups (broad SMARTS) is 1. The van der Waals surface area contributed by atoms with Crippen molar-refractivity contribution in [2.45, 2.75) is 51.0 Å². The molecule has 0 saturated heterocycles. The summed E-state index contributed by atoms with van der Waals surface area (Å²) in [6.45, 7) is 1.67. The van der Waals surface area contributed by atoms with Crippen molar-refractivity contribution >= 4 is 17.5 Å². The molecule has 0 unspecified atom stereocenters. The van der Waals surface area contributed by atoms with Crippen LogP contribution in [0.15, 0.2) is 17.1 Å². The molecular formula is C16H20N4O4. The number of H-pyrrole nitrogens is 1. The topological polar surface area (TPSA) is 117 Å². The summed E-state index contributed by atoms with van der Waals surface area (Å²) in [5, 5.41) is 14.9. The van der Waals surface area contributed by atoms with Gasteiger partial charge in [0.05, 0.1) is 6.42 Å². The van der Waals surface area contributed by atoms with Crippen LogP contribution in [-0.2, 0) is 16.0 Å². The number of aliphatic carboxylic acids is 1. The molecule has 3 N–H and O–H groups in total. The number of nitrogens with one attached hydrogen (secondary N) is 2. The molecule has 1 saturated carbocycles. The van der Waals surface area contributed by atoms with Crippen molar-refractivity contribution in [1.82, 2.24) is 19.9 Å². The minimum Gasteiger partial charge on any atom is -0.480 e. The lowest BCUT2D eigenvalue weighted by atomic mass is 9.81. The molecule has 2 aromatic heterocycles. The second-order valence-corrected chi connectivity index (χ2v) is 6.31. The van der Waals surface area contributed by atoms with Crippen LogP contribution in [0.3, 0.4) is 0 Å². The maximum atomic E-state index is 12.4. The molecule has 24 heavy (non-hydrogen) atoms. The van der Waals surface area contributed by atoms with Gasteiger partial charge in [0.2, 0.25) is 5.91 Å². The first-order valence-electron chi connectivity index (χ1n) is 8.03. The lowest BCUT2D eigenvalue weighted by Crippen LogP contribution is -2.56. The highest BCUT2D eigenvalue weighted by molar-refractivity contribution is 5.88. The number of aryl methyl sites for hydroxylation is 1. The Balaban J connectivity index is 1.84. The van der Waals surface area contributed by atoms with Crippen molar-refractivity contribution in [3.05, 3.63) is 33.9 Å². The van der Waals surface area contributed by atoms with Crippen molar-refractivity contribution in [1.29, 1.82) is 0 Å². The van der Waals surface area contributed by atoms with Gasteiger partial charge in [-0.25, -0.2) is 14.3 Å². The highest BCUT2D eigenvalue weighted by Crippen LogP contribution is 2.28. The second kappa shape index (κ2) is 6.10. The third-order valence-electron chi connectivity index (χ3n) is 4.68. The molecule has 1 amide bonds. The maximum Gasteiger partial charge on any atom is 0.329 e. The van der Waals surface area contributed by atoms with E-state index in [0.29, 0.717) is 24.2 Å². The number of nitrogens with zero attached hydrogens (tertiary/aromatic N) is 2. The fraction of sp³-hybridized carbons (Fsp3) is 0.500. The Labute approximate surface area is 137 Å². The van der Waals surface area contributed by atoms with Crippen molar-refractivity contribution in [3.8, 4) is 0 Å². The van der Waals surface area contributed by atoms with Crippen molar-refractivity contribution in [2.24, 2.45) is 0 Å². The molecule has 2 aromatic rings. The Bertz CT molecular complexity index is 845. The van der Waals surface area contributed by atoms with Crippen LogP contribution in [-0.4, -0.2) is 37.1 Å². The third-order valence-corrected chi connectivity index (χ3v) is 4.68. The van der Waals surface area contributed by atoms with Gasteiger partial charge in [0, 0.05) is 23.5 Å². The Morgan fingerprint density at radius 2 is 2.08 bits per heavy atom. The Kier molecular flexibility index (Phi) is 4.13. The number of carbonyl (C=O) groups excluding carboxylic acids is 1. The molecule has 3 rings (SSSR count). The number of aromatic amines is 1. The predicted molar refractivity (Wildman–Crippen MR) is 85.8 cm³/mol. The van der Waals surface area contributed by atoms with E-state index in [-0.39, 0.29) is 17.5 Å². The Hall–Kier alpha value is -2.64. The Morgan fingerprint density at radius 1 is 1.38 bits per heavy atom. The van der Waals surface area contributed by atoms with E-state index in [0.717, 1.165) is 19.3 Å². The van der Waals surface area contributed by atoms with Gasteiger partial charge in [0.1, 0.15) is 5.54 Å². The lowest BCUT2D eigenvalue weighted by molar-refractivity contribution is -0.149. The largest absolute Gasteiger partial charge is 0.480 e. The molecule has 0 radical (unpaired) electrons. The molecule has 0 bridgehead atoms. The zero-order valence-corrected chi connectivity index (χ0v) is 13.5. The highest BCUT2D eigenvalue weighted by Gasteiger charge is 2.41. The molecule has 128 valence electrons. The van der Waals surface area contributed by atoms with E-state index < -0.39 is 17.4 Å². The molecule has 1 aliphatic carbocycles. The van der Waals surface area contributed by atoms with Crippen LogP contribution in [0.2, 0.25) is 0 Å². The molecule has 1 aliphatic rings. The fourth-order valence-corrected chi connectivity index (χ4v) is 3.33. The molecule has 1 fully saturated rings. The zero-order chi connectivity index (χ0) is 17.3. The molecule has 0 atom stereocenters. The van der Waals surface area contributed by atoms with Crippen molar-refractivity contribution < 1.29 is 14.7 Å². The summed E-state index contributed by atoms with van der Waals surface area (Å²) >= 11 is 0. The van der Waals surface area contributed by atoms with Gasteiger partial charge < -0.3 is 10.4 Å². The fourth-order valence-electron chi connectivity index (χ4n) is 3.33. The summed E-state index contributed by atoms with van der Waals surface area (Å²) in [6, 6.07) is 1.67. The highest BCUT2D eigenvalue weighted by atomic mass is 16.4. The molecule has 0 aromatic carbocycles. The standard InChI is InChI=1S/C16H20N4O4/c1-10-11(14(22)20-12(18-10)5-8-17-20)9-13(21)19-16(15(23)24)6-3-2-4-7-16/h5,8,17H,2-4,6-7,9H2,1H3,(H,19,21)(H,23,24). The first-order valence-corrected chi connectivity index (χ1v) is 8.03. The quantitative estimate of drug-likeness (QED) is 0.765. The molecule has 0 spiro atoms. The SMILES string of the molecule is Cc1nc2cc[nH]n2c(=O)c1CC(=O)NC1(C(=O)O)CCCCC1. The smallest absolute Gasteiger partial charge is 0.329 e. The normalized spacial score (nSPS) is 16.9. The summed E-state index contributed by atoms with van der Waals surface area (Å²) in [5.41, 5.74) is -0.336. The van der Waals surface area contributed by atoms with Gasteiger partial charge in [-0.1, -0.05) is 19.3 Å². The molecular weight excluding hydrogens is 312 g/mol. The van der Waals surface area contributed by atoms with Gasteiger partial charge in [-0.05, 0) is 19.8 Å². The monoisotopic (exact) mass is 332 g/mol. The summed E-state index contributed by atoms with van der Waals surface area (Å²) < 4.78 is 1.27. The van der Waals surface area contributed by atoms with E-state index in [1.807, 2.05) is 0 Å². The minimum atomic E-state index is -1.22.